The Hall–Kier alpha value is -1.45. The SMILES string of the molecule is C=CC[C@]12C[C@@H](C(=O)OC3CCCCC3)[C@](C)(CC1=O)C(=O)C2(C)C. The van der Waals surface area contributed by atoms with Gasteiger partial charge in [0.2, 0.25) is 0 Å². The average Bonchev–Trinajstić information content (AvgIpc) is 2.56. The summed E-state index contributed by atoms with van der Waals surface area (Å²) in [6.45, 7) is 9.30. The van der Waals surface area contributed by atoms with Crippen LogP contribution in [-0.2, 0) is 19.1 Å². The second-order valence-electron chi connectivity index (χ2n) is 9.00. The van der Waals surface area contributed by atoms with E-state index in [1.807, 2.05) is 13.8 Å². The van der Waals surface area contributed by atoms with Crippen LogP contribution in [0, 0.1) is 22.2 Å². The third kappa shape index (κ3) is 2.51. The number of hydrogen-bond donors (Lipinski definition) is 0. The zero-order valence-electron chi connectivity index (χ0n) is 15.7. The van der Waals surface area contributed by atoms with Crippen LogP contribution in [0.25, 0.3) is 0 Å². The number of carbonyl (C=O) groups excluding carboxylic acids is 3. The summed E-state index contributed by atoms with van der Waals surface area (Å²) in [7, 11) is 0. The van der Waals surface area contributed by atoms with Crippen molar-refractivity contribution in [2.45, 2.75) is 78.2 Å². The highest BCUT2D eigenvalue weighted by molar-refractivity contribution is 6.08. The van der Waals surface area contributed by atoms with E-state index in [1.165, 1.54) is 6.42 Å². The number of carbonyl (C=O) groups is 3. The molecule has 0 saturated heterocycles. The van der Waals surface area contributed by atoms with Crippen LogP contribution in [0.4, 0.5) is 0 Å². The van der Waals surface area contributed by atoms with Gasteiger partial charge in [0.25, 0.3) is 0 Å². The van der Waals surface area contributed by atoms with Gasteiger partial charge in [-0.3, -0.25) is 14.4 Å². The lowest BCUT2D eigenvalue weighted by Gasteiger charge is -2.61. The van der Waals surface area contributed by atoms with Crippen molar-refractivity contribution in [3.05, 3.63) is 12.7 Å². The molecule has 0 heterocycles. The highest BCUT2D eigenvalue weighted by Crippen LogP contribution is 2.65. The Morgan fingerprint density at radius 3 is 2.44 bits per heavy atom. The monoisotopic (exact) mass is 346 g/mol. The van der Waals surface area contributed by atoms with Crippen LogP contribution in [0.3, 0.4) is 0 Å². The van der Waals surface area contributed by atoms with Crippen LogP contribution < -0.4 is 0 Å². The highest BCUT2D eigenvalue weighted by Gasteiger charge is 2.71. The number of hydrogen-bond acceptors (Lipinski definition) is 4. The summed E-state index contributed by atoms with van der Waals surface area (Å²) >= 11 is 0. The molecule has 4 heteroatoms. The van der Waals surface area contributed by atoms with Gasteiger partial charge < -0.3 is 4.74 Å². The molecule has 3 atom stereocenters. The van der Waals surface area contributed by atoms with Gasteiger partial charge in [-0.15, -0.1) is 6.58 Å². The van der Waals surface area contributed by atoms with Crippen molar-refractivity contribution >= 4 is 17.5 Å². The molecule has 4 saturated carbocycles. The first-order valence-corrected chi connectivity index (χ1v) is 9.59. The fourth-order valence-electron chi connectivity index (χ4n) is 5.56. The number of ketones is 2. The van der Waals surface area contributed by atoms with E-state index in [2.05, 4.69) is 6.58 Å². The van der Waals surface area contributed by atoms with E-state index < -0.39 is 22.2 Å². The van der Waals surface area contributed by atoms with Gasteiger partial charge in [0, 0.05) is 22.7 Å². The summed E-state index contributed by atoms with van der Waals surface area (Å²) in [6, 6.07) is 0. The number of Topliss-reactive ketones (excluding diaryl/α,β-unsaturated/α-hetero) is 2. The third-order valence-electron chi connectivity index (χ3n) is 7.28. The summed E-state index contributed by atoms with van der Waals surface area (Å²) in [6.07, 6.45) is 7.86. The normalized spacial score (nSPS) is 37.8. The topological polar surface area (TPSA) is 60.4 Å². The van der Waals surface area contributed by atoms with E-state index in [0.717, 1.165) is 25.7 Å². The van der Waals surface area contributed by atoms with Crippen molar-refractivity contribution in [3.8, 4) is 0 Å². The van der Waals surface area contributed by atoms with Gasteiger partial charge in [0.05, 0.1) is 5.92 Å². The maximum atomic E-state index is 13.3. The Labute approximate surface area is 150 Å². The standard InChI is InChI=1S/C21H30O4/c1-5-11-21-12-15(17(23)25-14-9-7-6-8-10-14)20(4,13-16(21)22)18(24)19(21,2)3/h5,14-15H,1,6-13H2,2-4H3/t15-,20-,21-/m0/s1. The number of rotatable bonds is 4. The first-order chi connectivity index (χ1) is 11.7. The molecule has 2 bridgehead atoms. The molecule has 0 aromatic carbocycles. The first kappa shape index (κ1) is 18.3. The fraction of sp³-hybridized carbons (Fsp3) is 0.762. The minimum absolute atomic E-state index is 0.0262. The van der Waals surface area contributed by atoms with Crippen molar-refractivity contribution in [1.29, 1.82) is 0 Å². The Morgan fingerprint density at radius 2 is 1.84 bits per heavy atom. The molecule has 0 aromatic rings. The summed E-state index contributed by atoms with van der Waals surface area (Å²) in [5, 5.41) is 0. The van der Waals surface area contributed by atoms with E-state index in [0.29, 0.717) is 12.8 Å². The molecule has 4 nitrogen and oxygen atoms in total. The third-order valence-corrected chi connectivity index (χ3v) is 7.28. The molecular weight excluding hydrogens is 316 g/mol. The van der Waals surface area contributed by atoms with Gasteiger partial charge in [-0.25, -0.2) is 0 Å². The summed E-state index contributed by atoms with van der Waals surface area (Å²) in [4.78, 5) is 39.2. The van der Waals surface area contributed by atoms with Crippen molar-refractivity contribution in [2.24, 2.45) is 22.2 Å². The maximum absolute atomic E-state index is 13.3. The molecule has 4 rings (SSSR count). The predicted octanol–water partition coefficient (Wildman–Crippen LogP) is 4.02. The first-order valence-electron chi connectivity index (χ1n) is 9.59. The molecule has 0 radical (unpaired) electrons. The largest absolute Gasteiger partial charge is 0.462 e. The van der Waals surface area contributed by atoms with Crippen molar-refractivity contribution in [1.82, 2.24) is 0 Å². The molecule has 138 valence electrons. The Bertz CT molecular complexity index is 613. The Balaban J connectivity index is 1.91. The lowest BCUT2D eigenvalue weighted by atomic mass is 9.39. The van der Waals surface area contributed by atoms with Crippen molar-refractivity contribution in [3.63, 3.8) is 0 Å². The number of ether oxygens (including phenoxy) is 1. The quantitative estimate of drug-likeness (QED) is 0.570. The van der Waals surface area contributed by atoms with Crippen LogP contribution in [0.1, 0.15) is 72.1 Å². The summed E-state index contributed by atoms with van der Waals surface area (Å²) < 4.78 is 5.80. The molecule has 0 aliphatic heterocycles. The second kappa shape index (κ2) is 6.07. The maximum Gasteiger partial charge on any atom is 0.310 e. The van der Waals surface area contributed by atoms with Gasteiger partial charge in [-0.05, 0) is 38.5 Å². The Morgan fingerprint density at radius 1 is 1.20 bits per heavy atom. The van der Waals surface area contributed by atoms with Gasteiger partial charge >= 0.3 is 5.97 Å². The molecule has 0 spiro atoms. The van der Waals surface area contributed by atoms with Crippen LogP contribution >= 0.6 is 0 Å². The van der Waals surface area contributed by atoms with Gasteiger partial charge in [0.1, 0.15) is 17.7 Å². The molecule has 4 fully saturated rings. The molecule has 0 N–H and O–H groups in total. The molecule has 25 heavy (non-hydrogen) atoms. The number of esters is 1. The van der Waals surface area contributed by atoms with E-state index in [1.54, 1.807) is 13.0 Å². The van der Waals surface area contributed by atoms with E-state index in [9.17, 15) is 14.4 Å². The zero-order chi connectivity index (χ0) is 18.5. The zero-order valence-corrected chi connectivity index (χ0v) is 15.7. The minimum atomic E-state index is -0.935. The van der Waals surface area contributed by atoms with Crippen LogP contribution in [-0.4, -0.2) is 23.6 Å². The number of allylic oxidation sites excluding steroid dienone is 1. The molecule has 4 aliphatic carbocycles. The molecule has 0 unspecified atom stereocenters. The molecule has 0 aromatic heterocycles. The molecule has 0 amide bonds. The minimum Gasteiger partial charge on any atom is -0.462 e. The predicted molar refractivity (Wildman–Crippen MR) is 94.8 cm³/mol. The lowest BCUT2D eigenvalue weighted by Crippen LogP contribution is -2.68. The van der Waals surface area contributed by atoms with E-state index in [4.69, 9.17) is 4.74 Å². The van der Waals surface area contributed by atoms with Crippen LogP contribution in [0.5, 0.6) is 0 Å². The Kier molecular flexibility index (Phi) is 4.45. The number of fused-ring (bicyclic) bond motifs is 3. The van der Waals surface area contributed by atoms with Crippen LogP contribution in [0.2, 0.25) is 0 Å². The summed E-state index contributed by atoms with van der Waals surface area (Å²) in [5.74, 6) is -0.675. The van der Waals surface area contributed by atoms with Crippen molar-refractivity contribution in [2.75, 3.05) is 0 Å². The lowest BCUT2D eigenvalue weighted by molar-refractivity contribution is -0.194. The van der Waals surface area contributed by atoms with Gasteiger partial charge in [-0.2, -0.15) is 0 Å². The average molecular weight is 346 g/mol. The highest BCUT2D eigenvalue weighted by atomic mass is 16.5. The molecule has 4 aliphatic rings. The fourth-order valence-corrected chi connectivity index (χ4v) is 5.56. The summed E-state index contributed by atoms with van der Waals surface area (Å²) in [5.41, 5.74) is -2.53. The molecular formula is C21H30O4. The van der Waals surface area contributed by atoms with E-state index >= 15 is 0 Å². The second-order valence-corrected chi connectivity index (χ2v) is 9.00. The van der Waals surface area contributed by atoms with Gasteiger partial charge in [0.15, 0.2) is 0 Å². The smallest absolute Gasteiger partial charge is 0.310 e. The van der Waals surface area contributed by atoms with Crippen molar-refractivity contribution < 1.29 is 19.1 Å². The van der Waals surface area contributed by atoms with Crippen LogP contribution in [0.15, 0.2) is 12.7 Å². The van der Waals surface area contributed by atoms with Gasteiger partial charge in [-0.1, -0.05) is 33.3 Å². The van der Waals surface area contributed by atoms with E-state index in [-0.39, 0.29) is 30.1 Å².